The quantitative estimate of drug-likeness (QED) is 0.822. The first-order valence-corrected chi connectivity index (χ1v) is 8.45. The van der Waals surface area contributed by atoms with Gasteiger partial charge in [0.05, 0.1) is 11.5 Å². The van der Waals surface area contributed by atoms with Crippen molar-refractivity contribution in [3.8, 4) is 0 Å². The number of sulfone groups is 1. The van der Waals surface area contributed by atoms with E-state index in [2.05, 4.69) is 4.90 Å². The Morgan fingerprint density at radius 3 is 2.17 bits per heavy atom. The van der Waals surface area contributed by atoms with Crippen molar-refractivity contribution >= 4 is 15.8 Å². The van der Waals surface area contributed by atoms with Gasteiger partial charge in [-0.1, -0.05) is 0 Å². The van der Waals surface area contributed by atoms with Crippen LogP contribution in [0.15, 0.2) is 0 Å². The highest BCUT2D eigenvalue weighted by Crippen LogP contribution is 2.26. The van der Waals surface area contributed by atoms with Gasteiger partial charge in [-0.25, -0.2) is 8.42 Å². The Balaban J connectivity index is 1.78. The third-order valence-electron chi connectivity index (χ3n) is 4.15. The maximum Gasteiger partial charge on any atom is 0.303 e. The molecule has 2 rings (SSSR count). The van der Waals surface area contributed by atoms with Crippen molar-refractivity contribution in [2.24, 2.45) is 5.92 Å². The Morgan fingerprint density at radius 1 is 1.11 bits per heavy atom. The molecule has 1 N–H and O–H groups in total. The molecule has 2 aliphatic rings. The Bertz CT molecular complexity index is 384. The minimum absolute atomic E-state index is 0.271. The second-order valence-electron chi connectivity index (χ2n) is 5.46. The number of carboxylic acid groups (broad SMARTS) is 1. The van der Waals surface area contributed by atoms with Crippen LogP contribution >= 0.6 is 0 Å². The number of piperidine rings is 1. The van der Waals surface area contributed by atoms with Crippen LogP contribution in [0.25, 0.3) is 0 Å². The lowest BCUT2D eigenvalue weighted by atomic mass is 9.92. The number of hydrogen-bond donors (Lipinski definition) is 1. The van der Waals surface area contributed by atoms with E-state index >= 15 is 0 Å². The van der Waals surface area contributed by atoms with Gasteiger partial charge in [0, 0.05) is 12.5 Å². The highest BCUT2D eigenvalue weighted by atomic mass is 32.2. The van der Waals surface area contributed by atoms with Crippen molar-refractivity contribution in [3.05, 3.63) is 0 Å². The molecule has 104 valence electrons. The Morgan fingerprint density at radius 2 is 1.67 bits per heavy atom. The molecule has 5 nitrogen and oxygen atoms in total. The van der Waals surface area contributed by atoms with Gasteiger partial charge in [0.1, 0.15) is 9.84 Å². The summed E-state index contributed by atoms with van der Waals surface area (Å²) < 4.78 is 22.7. The lowest BCUT2D eigenvalue weighted by molar-refractivity contribution is -0.138. The molecule has 0 atom stereocenters. The summed E-state index contributed by atoms with van der Waals surface area (Å²) in [6.45, 7) is 1.84. The number of aliphatic carboxylic acids is 1. The lowest BCUT2D eigenvalue weighted by Gasteiger charge is -2.38. The van der Waals surface area contributed by atoms with E-state index in [-0.39, 0.29) is 6.42 Å². The molecule has 6 heteroatoms. The summed E-state index contributed by atoms with van der Waals surface area (Å²) in [5, 5.41) is 8.76. The number of carboxylic acids is 1. The normalized spacial score (nSPS) is 27.1. The first kappa shape index (κ1) is 13.8. The SMILES string of the molecule is O=C(O)CC1CCN(C2CCS(=O)(=O)CC2)CC1. The van der Waals surface area contributed by atoms with Gasteiger partial charge in [-0.05, 0) is 44.7 Å². The highest BCUT2D eigenvalue weighted by molar-refractivity contribution is 7.91. The molecule has 0 amide bonds. The molecule has 0 bridgehead atoms. The standard InChI is InChI=1S/C12H21NO4S/c14-12(15)9-10-1-5-13(6-2-10)11-3-7-18(16,17)8-4-11/h10-11H,1-9H2,(H,14,15). The Labute approximate surface area is 108 Å². The topological polar surface area (TPSA) is 74.7 Å². The fraction of sp³-hybridized carbons (Fsp3) is 0.917. The molecule has 2 saturated heterocycles. The van der Waals surface area contributed by atoms with Crippen molar-refractivity contribution in [3.63, 3.8) is 0 Å². The summed E-state index contributed by atoms with van der Waals surface area (Å²) in [6, 6.07) is 0.388. The van der Waals surface area contributed by atoms with Gasteiger partial charge in [-0.3, -0.25) is 4.79 Å². The van der Waals surface area contributed by atoms with E-state index in [1.807, 2.05) is 0 Å². The van der Waals surface area contributed by atoms with Gasteiger partial charge in [-0.15, -0.1) is 0 Å². The molecule has 0 aromatic heterocycles. The van der Waals surface area contributed by atoms with E-state index in [0.717, 1.165) is 38.8 Å². The maximum atomic E-state index is 11.4. The van der Waals surface area contributed by atoms with E-state index in [1.54, 1.807) is 0 Å². The average Bonchev–Trinajstić information content (AvgIpc) is 2.30. The third kappa shape index (κ3) is 3.68. The molecule has 0 aliphatic carbocycles. The zero-order valence-corrected chi connectivity index (χ0v) is 11.4. The van der Waals surface area contributed by atoms with Crippen LogP contribution in [-0.2, 0) is 14.6 Å². The number of likely N-dealkylation sites (tertiary alicyclic amines) is 1. The molecule has 0 saturated carbocycles. The molecule has 0 unspecified atom stereocenters. The molecule has 0 radical (unpaired) electrons. The first-order chi connectivity index (χ1) is 8.46. The summed E-state index contributed by atoms with van der Waals surface area (Å²) in [5.74, 6) is 0.211. The molecule has 0 aromatic carbocycles. The van der Waals surface area contributed by atoms with Gasteiger partial charge in [0.15, 0.2) is 0 Å². The largest absolute Gasteiger partial charge is 0.481 e. The first-order valence-electron chi connectivity index (χ1n) is 6.62. The van der Waals surface area contributed by atoms with Crippen LogP contribution in [0.5, 0.6) is 0 Å². The summed E-state index contributed by atoms with van der Waals surface area (Å²) >= 11 is 0. The van der Waals surface area contributed by atoms with Crippen LogP contribution in [0.3, 0.4) is 0 Å². The summed E-state index contributed by atoms with van der Waals surface area (Å²) in [6.07, 6.45) is 3.61. The molecule has 18 heavy (non-hydrogen) atoms. The van der Waals surface area contributed by atoms with Crippen molar-refractivity contribution < 1.29 is 18.3 Å². The zero-order chi connectivity index (χ0) is 13.2. The highest BCUT2D eigenvalue weighted by Gasteiger charge is 2.30. The predicted octanol–water partition coefficient (Wildman–Crippen LogP) is 0.750. The van der Waals surface area contributed by atoms with Crippen LogP contribution in [0.2, 0.25) is 0 Å². The monoisotopic (exact) mass is 275 g/mol. The van der Waals surface area contributed by atoms with E-state index in [4.69, 9.17) is 5.11 Å². The van der Waals surface area contributed by atoms with Crippen molar-refractivity contribution in [1.82, 2.24) is 4.90 Å². The number of nitrogens with zero attached hydrogens (tertiary/aromatic N) is 1. The molecular weight excluding hydrogens is 254 g/mol. The maximum absolute atomic E-state index is 11.4. The molecular formula is C12H21NO4S. The smallest absolute Gasteiger partial charge is 0.303 e. The minimum Gasteiger partial charge on any atom is -0.481 e. The molecule has 0 spiro atoms. The fourth-order valence-corrected chi connectivity index (χ4v) is 4.48. The van der Waals surface area contributed by atoms with E-state index < -0.39 is 15.8 Å². The third-order valence-corrected chi connectivity index (χ3v) is 5.87. The minimum atomic E-state index is -2.79. The van der Waals surface area contributed by atoms with Gasteiger partial charge in [-0.2, -0.15) is 0 Å². The Hall–Kier alpha value is -0.620. The van der Waals surface area contributed by atoms with Gasteiger partial charge >= 0.3 is 5.97 Å². The summed E-state index contributed by atoms with van der Waals surface area (Å²) in [5.41, 5.74) is 0. The second kappa shape index (κ2) is 5.57. The summed E-state index contributed by atoms with van der Waals surface area (Å²) in [7, 11) is -2.79. The van der Waals surface area contributed by atoms with Crippen molar-refractivity contribution in [2.45, 2.75) is 38.1 Å². The van der Waals surface area contributed by atoms with Crippen LogP contribution in [-0.4, -0.2) is 55.0 Å². The fourth-order valence-electron chi connectivity index (χ4n) is 3.01. The van der Waals surface area contributed by atoms with Gasteiger partial charge in [0.2, 0.25) is 0 Å². The summed E-state index contributed by atoms with van der Waals surface area (Å²) in [4.78, 5) is 13.0. The predicted molar refractivity (Wildman–Crippen MR) is 68.2 cm³/mol. The van der Waals surface area contributed by atoms with Crippen LogP contribution in [0.4, 0.5) is 0 Å². The van der Waals surface area contributed by atoms with Crippen molar-refractivity contribution in [2.75, 3.05) is 24.6 Å². The van der Waals surface area contributed by atoms with Crippen LogP contribution < -0.4 is 0 Å². The molecule has 0 aromatic rings. The van der Waals surface area contributed by atoms with E-state index in [0.29, 0.717) is 23.5 Å². The number of hydrogen-bond acceptors (Lipinski definition) is 4. The lowest BCUT2D eigenvalue weighted by Crippen LogP contribution is -2.45. The molecule has 2 heterocycles. The van der Waals surface area contributed by atoms with E-state index in [1.165, 1.54) is 0 Å². The van der Waals surface area contributed by atoms with Crippen molar-refractivity contribution in [1.29, 1.82) is 0 Å². The number of carbonyl (C=O) groups is 1. The van der Waals surface area contributed by atoms with Gasteiger partial charge < -0.3 is 10.0 Å². The number of rotatable bonds is 3. The zero-order valence-electron chi connectivity index (χ0n) is 10.5. The second-order valence-corrected chi connectivity index (χ2v) is 7.76. The Kier molecular flexibility index (Phi) is 4.27. The van der Waals surface area contributed by atoms with Crippen LogP contribution in [0.1, 0.15) is 32.1 Å². The van der Waals surface area contributed by atoms with Crippen LogP contribution in [0, 0.1) is 5.92 Å². The van der Waals surface area contributed by atoms with E-state index in [9.17, 15) is 13.2 Å². The molecule has 2 aliphatic heterocycles. The van der Waals surface area contributed by atoms with Gasteiger partial charge in [0.25, 0.3) is 0 Å². The average molecular weight is 275 g/mol. The molecule has 2 fully saturated rings.